The molecule has 0 heterocycles. The highest BCUT2D eigenvalue weighted by Crippen LogP contribution is 1.98. The monoisotopic (exact) mass is 218 g/mol. The predicted octanol–water partition coefficient (Wildman–Crippen LogP) is 3.03. The average Bonchev–Trinajstić information content (AvgIpc) is 2.14. The Morgan fingerprint density at radius 1 is 1.20 bits per heavy atom. The fraction of sp³-hybridized carbons (Fsp3) is 0.917. The second kappa shape index (κ2) is 11.5. The molecule has 0 spiro atoms. The number of carbonyl (C=O) groups excluding carboxylic acids is 1. The largest absolute Gasteiger partial charge is 0.463 e. The topological polar surface area (TPSA) is 35.5 Å². The molecule has 0 fully saturated rings. The number of carbonyl (C=O) groups is 1. The van der Waals surface area contributed by atoms with Crippen molar-refractivity contribution in [1.29, 1.82) is 0 Å². The SMILES string of the molecule is CC(C)OC(=O)C(C)C.CCCCOC. The molecule has 0 N–H and O–H groups in total. The zero-order valence-electron chi connectivity index (χ0n) is 11.0. The normalized spacial score (nSPS) is 9.87. The first-order chi connectivity index (χ1) is 6.95. The number of hydrogen-bond donors (Lipinski definition) is 0. The van der Waals surface area contributed by atoms with Crippen molar-refractivity contribution in [2.24, 2.45) is 5.92 Å². The van der Waals surface area contributed by atoms with Gasteiger partial charge in [-0.25, -0.2) is 0 Å². The van der Waals surface area contributed by atoms with Crippen molar-refractivity contribution < 1.29 is 14.3 Å². The van der Waals surface area contributed by atoms with Crippen LogP contribution in [0.1, 0.15) is 47.5 Å². The van der Waals surface area contributed by atoms with Crippen LogP contribution in [-0.2, 0) is 14.3 Å². The summed E-state index contributed by atoms with van der Waals surface area (Å²) in [6.07, 6.45) is 2.43. The summed E-state index contributed by atoms with van der Waals surface area (Å²) in [5.41, 5.74) is 0. The van der Waals surface area contributed by atoms with Gasteiger partial charge < -0.3 is 9.47 Å². The molecule has 0 saturated carbocycles. The summed E-state index contributed by atoms with van der Waals surface area (Å²) in [7, 11) is 1.73. The van der Waals surface area contributed by atoms with Gasteiger partial charge in [-0.3, -0.25) is 4.79 Å². The van der Waals surface area contributed by atoms with Crippen molar-refractivity contribution in [1.82, 2.24) is 0 Å². The Labute approximate surface area is 94.1 Å². The van der Waals surface area contributed by atoms with Crippen LogP contribution >= 0.6 is 0 Å². The van der Waals surface area contributed by atoms with Gasteiger partial charge in [-0.15, -0.1) is 0 Å². The first-order valence-corrected chi connectivity index (χ1v) is 5.65. The van der Waals surface area contributed by atoms with E-state index in [-0.39, 0.29) is 18.0 Å². The van der Waals surface area contributed by atoms with Crippen LogP contribution < -0.4 is 0 Å². The summed E-state index contributed by atoms with van der Waals surface area (Å²) >= 11 is 0. The van der Waals surface area contributed by atoms with Gasteiger partial charge in [-0.05, 0) is 20.3 Å². The molecular weight excluding hydrogens is 192 g/mol. The van der Waals surface area contributed by atoms with E-state index < -0.39 is 0 Å². The van der Waals surface area contributed by atoms with Gasteiger partial charge in [-0.2, -0.15) is 0 Å². The molecular formula is C12H26O3. The van der Waals surface area contributed by atoms with E-state index in [0.29, 0.717) is 0 Å². The molecule has 0 amide bonds. The Hall–Kier alpha value is -0.570. The molecule has 3 heteroatoms. The van der Waals surface area contributed by atoms with E-state index in [1.807, 2.05) is 27.7 Å². The Bertz CT molecular complexity index is 138. The van der Waals surface area contributed by atoms with Crippen LogP contribution in [0.4, 0.5) is 0 Å². The van der Waals surface area contributed by atoms with E-state index in [2.05, 4.69) is 6.92 Å². The Balaban J connectivity index is 0. The number of methoxy groups -OCH3 is 1. The van der Waals surface area contributed by atoms with Crippen molar-refractivity contribution in [2.75, 3.05) is 13.7 Å². The third kappa shape index (κ3) is 16.1. The molecule has 0 aromatic heterocycles. The lowest BCUT2D eigenvalue weighted by Crippen LogP contribution is -2.16. The first-order valence-electron chi connectivity index (χ1n) is 5.65. The molecule has 0 aromatic carbocycles. The molecule has 0 atom stereocenters. The quantitative estimate of drug-likeness (QED) is 0.525. The molecule has 15 heavy (non-hydrogen) atoms. The molecule has 0 bridgehead atoms. The molecule has 0 radical (unpaired) electrons. The maximum Gasteiger partial charge on any atom is 0.308 e. The predicted molar refractivity (Wildman–Crippen MR) is 62.9 cm³/mol. The van der Waals surface area contributed by atoms with Crippen molar-refractivity contribution in [3.05, 3.63) is 0 Å². The van der Waals surface area contributed by atoms with E-state index in [1.165, 1.54) is 12.8 Å². The van der Waals surface area contributed by atoms with E-state index >= 15 is 0 Å². The Morgan fingerprint density at radius 3 is 1.87 bits per heavy atom. The number of unbranched alkanes of at least 4 members (excludes halogenated alkanes) is 1. The minimum atomic E-state index is -0.120. The smallest absolute Gasteiger partial charge is 0.308 e. The summed E-state index contributed by atoms with van der Waals surface area (Å²) in [6, 6.07) is 0. The third-order valence-electron chi connectivity index (χ3n) is 1.53. The van der Waals surface area contributed by atoms with E-state index in [9.17, 15) is 4.79 Å². The van der Waals surface area contributed by atoms with Gasteiger partial charge in [0.1, 0.15) is 0 Å². The molecule has 92 valence electrons. The van der Waals surface area contributed by atoms with Gasteiger partial charge in [0.05, 0.1) is 12.0 Å². The summed E-state index contributed by atoms with van der Waals surface area (Å²) in [5, 5.41) is 0. The average molecular weight is 218 g/mol. The highest BCUT2D eigenvalue weighted by molar-refractivity contribution is 5.71. The molecule has 0 unspecified atom stereocenters. The third-order valence-corrected chi connectivity index (χ3v) is 1.53. The van der Waals surface area contributed by atoms with Gasteiger partial charge in [-0.1, -0.05) is 27.2 Å². The van der Waals surface area contributed by atoms with Crippen molar-refractivity contribution >= 4 is 5.97 Å². The molecule has 0 aliphatic heterocycles. The summed E-state index contributed by atoms with van der Waals surface area (Å²) in [6.45, 7) is 10.4. The van der Waals surface area contributed by atoms with Crippen molar-refractivity contribution in [3.8, 4) is 0 Å². The maximum atomic E-state index is 10.7. The number of hydrogen-bond acceptors (Lipinski definition) is 3. The molecule has 0 saturated heterocycles. The summed E-state index contributed by atoms with van der Waals surface area (Å²) in [4.78, 5) is 10.7. The Kier molecular flexibility index (Phi) is 12.9. The zero-order chi connectivity index (χ0) is 12.3. The summed E-state index contributed by atoms with van der Waals surface area (Å²) < 4.78 is 9.65. The fourth-order valence-electron chi connectivity index (χ4n) is 0.657. The van der Waals surface area contributed by atoms with Crippen LogP contribution in [0.15, 0.2) is 0 Å². The zero-order valence-corrected chi connectivity index (χ0v) is 11.0. The van der Waals surface area contributed by atoms with E-state index in [4.69, 9.17) is 9.47 Å². The molecule has 0 aromatic rings. The minimum Gasteiger partial charge on any atom is -0.463 e. The lowest BCUT2D eigenvalue weighted by Gasteiger charge is -2.08. The highest BCUT2D eigenvalue weighted by Gasteiger charge is 2.08. The lowest BCUT2D eigenvalue weighted by atomic mass is 10.2. The number of esters is 1. The van der Waals surface area contributed by atoms with Crippen LogP contribution in [0.5, 0.6) is 0 Å². The van der Waals surface area contributed by atoms with Gasteiger partial charge in [0.25, 0.3) is 0 Å². The summed E-state index contributed by atoms with van der Waals surface area (Å²) in [5.74, 6) is -0.127. The van der Waals surface area contributed by atoms with Crippen molar-refractivity contribution in [2.45, 2.75) is 53.6 Å². The van der Waals surface area contributed by atoms with Crippen LogP contribution in [-0.4, -0.2) is 25.8 Å². The van der Waals surface area contributed by atoms with Gasteiger partial charge >= 0.3 is 5.97 Å². The van der Waals surface area contributed by atoms with Crippen LogP contribution in [0.2, 0.25) is 0 Å². The first kappa shape index (κ1) is 16.8. The van der Waals surface area contributed by atoms with Gasteiger partial charge in [0.15, 0.2) is 0 Å². The minimum absolute atomic E-state index is 0.00704. The fourth-order valence-corrected chi connectivity index (χ4v) is 0.657. The standard InChI is InChI=1S/C7H14O2.C5H12O/c1-5(2)7(8)9-6(3)4;1-3-4-5-6-2/h5-6H,1-4H3;3-5H2,1-2H3. The maximum absolute atomic E-state index is 10.7. The molecule has 0 rings (SSSR count). The van der Waals surface area contributed by atoms with E-state index in [0.717, 1.165) is 6.61 Å². The van der Waals surface area contributed by atoms with Crippen LogP contribution in [0.25, 0.3) is 0 Å². The molecule has 3 nitrogen and oxygen atoms in total. The Morgan fingerprint density at radius 2 is 1.73 bits per heavy atom. The highest BCUT2D eigenvalue weighted by atomic mass is 16.5. The van der Waals surface area contributed by atoms with Crippen LogP contribution in [0.3, 0.4) is 0 Å². The van der Waals surface area contributed by atoms with Gasteiger partial charge in [0.2, 0.25) is 0 Å². The lowest BCUT2D eigenvalue weighted by molar-refractivity contribution is -0.151. The van der Waals surface area contributed by atoms with E-state index in [1.54, 1.807) is 7.11 Å². The number of ether oxygens (including phenoxy) is 2. The van der Waals surface area contributed by atoms with Crippen LogP contribution in [0, 0.1) is 5.92 Å². The second-order valence-electron chi connectivity index (χ2n) is 3.99. The number of rotatable bonds is 5. The molecule has 0 aliphatic carbocycles. The van der Waals surface area contributed by atoms with Gasteiger partial charge in [0, 0.05) is 13.7 Å². The van der Waals surface area contributed by atoms with Crippen molar-refractivity contribution in [3.63, 3.8) is 0 Å². The molecule has 0 aliphatic rings. The second-order valence-corrected chi connectivity index (χ2v) is 3.99.